The van der Waals surface area contributed by atoms with Crippen LogP contribution in [-0.2, 0) is 6.54 Å². The van der Waals surface area contributed by atoms with Gasteiger partial charge in [-0.1, -0.05) is 6.07 Å². The third-order valence-corrected chi connectivity index (χ3v) is 4.36. The Bertz CT molecular complexity index is 876. The fraction of sp³-hybridized carbons (Fsp3) is 0.375. The molecule has 1 aliphatic rings. The fourth-order valence-electron chi connectivity index (χ4n) is 2.96. The van der Waals surface area contributed by atoms with Gasteiger partial charge in [0.15, 0.2) is 5.65 Å². The maximum atomic E-state index is 14.4. The number of nitrogens with one attached hydrogen (secondary N) is 1. The van der Waals surface area contributed by atoms with Crippen LogP contribution in [0.2, 0.25) is 0 Å². The molecule has 9 heteroatoms. The van der Waals surface area contributed by atoms with E-state index in [0.29, 0.717) is 49.6 Å². The molecule has 8 nitrogen and oxygen atoms in total. The quantitative estimate of drug-likeness (QED) is 0.736. The summed E-state index contributed by atoms with van der Waals surface area (Å²) in [6.07, 6.45) is 1.08. The number of nitrogens with zero attached hydrogens (tertiary/aromatic N) is 6. The van der Waals surface area contributed by atoms with Gasteiger partial charge in [0.25, 0.3) is 0 Å². The van der Waals surface area contributed by atoms with E-state index in [9.17, 15) is 9.50 Å². The summed E-state index contributed by atoms with van der Waals surface area (Å²) in [6, 6.07) is 8.75. The van der Waals surface area contributed by atoms with Crippen LogP contribution in [0.25, 0.3) is 5.65 Å². The zero-order chi connectivity index (χ0) is 17.2. The van der Waals surface area contributed by atoms with E-state index < -0.39 is 0 Å². The van der Waals surface area contributed by atoms with Crippen LogP contribution in [0.4, 0.5) is 15.9 Å². The minimum atomic E-state index is -0.271. The first-order chi connectivity index (χ1) is 12.2. The number of hydrogen-bond acceptors (Lipinski definition) is 7. The Hall–Kier alpha value is -2.81. The van der Waals surface area contributed by atoms with E-state index in [4.69, 9.17) is 0 Å². The molecule has 1 aromatic carbocycles. The molecule has 2 aromatic heterocycles. The number of piperidine rings is 1. The van der Waals surface area contributed by atoms with E-state index in [1.54, 1.807) is 18.2 Å². The molecule has 3 aromatic rings. The Labute approximate surface area is 143 Å². The molecule has 25 heavy (non-hydrogen) atoms. The van der Waals surface area contributed by atoms with Gasteiger partial charge in [0.05, 0.1) is 11.8 Å². The lowest BCUT2D eigenvalue weighted by Gasteiger charge is -2.31. The molecule has 1 aliphatic heterocycles. The van der Waals surface area contributed by atoms with Crippen LogP contribution < -0.4 is 10.2 Å². The summed E-state index contributed by atoms with van der Waals surface area (Å²) in [5, 5.41) is 28.0. The molecule has 3 heterocycles. The summed E-state index contributed by atoms with van der Waals surface area (Å²) in [6.45, 7) is 1.79. The van der Waals surface area contributed by atoms with Crippen LogP contribution in [-0.4, -0.2) is 49.6 Å². The lowest BCUT2D eigenvalue weighted by Crippen LogP contribution is -2.36. The van der Waals surface area contributed by atoms with Crippen molar-refractivity contribution in [2.24, 2.45) is 0 Å². The van der Waals surface area contributed by atoms with E-state index >= 15 is 0 Å². The van der Waals surface area contributed by atoms with Gasteiger partial charge in [0.2, 0.25) is 0 Å². The van der Waals surface area contributed by atoms with Gasteiger partial charge in [0.1, 0.15) is 11.6 Å². The molecule has 0 saturated carbocycles. The van der Waals surface area contributed by atoms with Crippen LogP contribution in [0.3, 0.4) is 0 Å². The van der Waals surface area contributed by atoms with Crippen molar-refractivity contribution in [3.8, 4) is 0 Å². The van der Waals surface area contributed by atoms with Gasteiger partial charge < -0.3 is 15.3 Å². The zero-order valence-corrected chi connectivity index (χ0v) is 13.5. The van der Waals surface area contributed by atoms with Crippen LogP contribution in [0, 0.1) is 5.82 Å². The second kappa shape index (κ2) is 6.60. The van der Waals surface area contributed by atoms with E-state index in [-0.39, 0.29) is 11.9 Å². The summed E-state index contributed by atoms with van der Waals surface area (Å²) in [7, 11) is 0. The standard InChI is InChI=1S/C16H18FN7O/c17-13-9-11(1-2-14(13)23-7-5-12(25)6-8-23)10-18-15-3-4-16-19-21-22-24(16)20-15/h1-4,9,12,25H,5-8,10H2,(H,18,20). The first kappa shape index (κ1) is 15.7. The third kappa shape index (κ3) is 3.36. The van der Waals surface area contributed by atoms with Crippen LogP contribution >= 0.6 is 0 Å². The number of halogens is 1. The van der Waals surface area contributed by atoms with Crippen molar-refractivity contribution in [2.75, 3.05) is 23.3 Å². The molecule has 1 fully saturated rings. The van der Waals surface area contributed by atoms with Gasteiger partial charge in [-0.05, 0) is 53.1 Å². The van der Waals surface area contributed by atoms with Crippen LogP contribution in [0.5, 0.6) is 0 Å². The van der Waals surface area contributed by atoms with Crippen molar-refractivity contribution in [1.29, 1.82) is 0 Å². The normalized spacial score (nSPS) is 15.7. The minimum absolute atomic E-state index is 0.250. The summed E-state index contributed by atoms with van der Waals surface area (Å²) in [4.78, 5) is 1.98. The smallest absolute Gasteiger partial charge is 0.200 e. The highest BCUT2D eigenvalue weighted by Crippen LogP contribution is 2.24. The monoisotopic (exact) mass is 343 g/mol. The number of fused-ring (bicyclic) bond motifs is 1. The number of tetrazole rings is 1. The maximum Gasteiger partial charge on any atom is 0.200 e. The summed E-state index contributed by atoms with van der Waals surface area (Å²) in [5.74, 6) is 0.355. The highest BCUT2D eigenvalue weighted by atomic mass is 19.1. The van der Waals surface area contributed by atoms with Crippen molar-refractivity contribution in [3.63, 3.8) is 0 Å². The number of anilines is 2. The van der Waals surface area contributed by atoms with Crippen LogP contribution in [0.15, 0.2) is 30.3 Å². The SMILES string of the molecule is OC1CCN(c2ccc(CNc3ccc4nnnn4n3)cc2F)CC1. The molecule has 2 N–H and O–H groups in total. The van der Waals surface area contributed by atoms with E-state index in [0.717, 1.165) is 5.56 Å². The first-order valence-electron chi connectivity index (χ1n) is 8.20. The van der Waals surface area contributed by atoms with Gasteiger partial charge in [-0.2, -0.15) is 0 Å². The van der Waals surface area contributed by atoms with Gasteiger partial charge in [-0.25, -0.2) is 4.39 Å². The van der Waals surface area contributed by atoms with Gasteiger partial charge >= 0.3 is 0 Å². The fourth-order valence-corrected chi connectivity index (χ4v) is 2.96. The molecule has 0 aliphatic carbocycles. The molecular formula is C16H18FN7O. The van der Waals surface area contributed by atoms with Gasteiger partial charge in [0, 0.05) is 19.6 Å². The van der Waals surface area contributed by atoms with E-state index in [2.05, 4.69) is 25.9 Å². The second-order valence-corrected chi connectivity index (χ2v) is 6.10. The van der Waals surface area contributed by atoms with E-state index in [1.165, 1.54) is 10.7 Å². The van der Waals surface area contributed by atoms with Crippen LogP contribution in [0.1, 0.15) is 18.4 Å². The number of rotatable bonds is 4. The van der Waals surface area contributed by atoms with Crippen molar-refractivity contribution >= 4 is 17.2 Å². The van der Waals surface area contributed by atoms with Gasteiger partial charge in [-0.3, -0.25) is 0 Å². The average Bonchev–Trinajstić information content (AvgIpc) is 3.09. The minimum Gasteiger partial charge on any atom is -0.393 e. The number of benzene rings is 1. The molecule has 4 rings (SSSR count). The molecule has 1 saturated heterocycles. The van der Waals surface area contributed by atoms with Gasteiger partial charge in [-0.15, -0.1) is 14.8 Å². The lowest BCUT2D eigenvalue weighted by atomic mass is 10.1. The Kier molecular flexibility index (Phi) is 4.14. The first-order valence-corrected chi connectivity index (χ1v) is 8.20. The molecule has 0 spiro atoms. The number of aromatic nitrogens is 5. The predicted octanol–water partition coefficient (Wildman–Crippen LogP) is 1.23. The lowest BCUT2D eigenvalue weighted by molar-refractivity contribution is 0.145. The summed E-state index contributed by atoms with van der Waals surface area (Å²) in [5.41, 5.74) is 1.97. The topological polar surface area (TPSA) is 91.5 Å². The van der Waals surface area contributed by atoms with Crippen molar-refractivity contribution in [2.45, 2.75) is 25.5 Å². The molecule has 0 unspecified atom stereocenters. The highest BCUT2D eigenvalue weighted by molar-refractivity contribution is 5.50. The number of aliphatic hydroxyl groups is 1. The molecule has 0 radical (unpaired) electrons. The van der Waals surface area contributed by atoms with Crippen molar-refractivity contribution < 1.29 is 9.50 Å². The summed E-state index contributed by atoms with van der Waals surface area (Å²) < 4.78 is 15.8. The van der Waals surface area contributed by atoms with Crippen molar-refractivity contribution in [1.82, 2.24) is 25.3 Å². The molecular weight excluding hydrogens is 325 g/mol. The van der Waals surface area contributed by atoms with E-state index in [1.807, 2.05) is 11.0 Å². The molecule has 0 amide bonds. The number of aliphatic hydroxyl groups excluding tert-OH is 1. The highest BCUT2D eigenvalue weighted by Gasteiger charge is 2.19. The summed E-state index contributed by atoms with van der Waals surface area (Å²) >= 11 is 0. The Balaban J connectivity index is 1.43. The molecule has 130 valence electrons. The molecule has 0 bridgehead atoms. The average molecular weight is 343 g/mol. The largest absolute Gasteiger partial charge is 0.393 e. The van der Waals surface area contributed by atoms with Crippen molar-refractivity contribution in [3.05, 3.63) is 41.7 Å². The Morgan fingerprint density at radius 1 is 1.20 bits per heavy atom. The Morgan fingerprint density at radius 2 is 2.04 bits per heavy atom. The second-order valence-electron chi connectivity index (χ2n) is 6.10. The zero-order valence-electron chi connectivity index (χ0n) is 13.5. The third-order valence-electron chi connectivity index (χ3n) is 4.36. The number of hydrogen-bond donors (Lipinski definition) is 2. The Morgan fingerprint density at radius 3 is 2.84 bits per heavy atom. The maximum absolute atomic E-state index is 14.4. The molecule has 0 atom stereocenters. The predicted molar refractivity (Wildman–Crippen MR) is 89.8 cm³/mol.